The number of unbranched alkanes of at least 4 members (excludes halogenated alkanes) is 4. The summed E-state index contributed by atoms with van der Waals surface area (Å²) in [6, 6.07) is 3.73. The number of rotatable bonds is 16. The summed E-state index contributed by atoms with van der Waals surface area (Å²) in [4.78, 5) is 48.1. The van der Waals surface area contributed by atoms with Gasteiger partial charge in [-0.25, -0.2) is 0 Å². The van der Waals surface area contributed by atoms with E-state index in [2.05, 4.69) is 0 Å². The van der Waals surface area contributed by atoms with E-state index in [4.69, 9.17) is 24.7 Å². The van der Waals surface area contributed by atoms with Crippen molar-refractivity contribution in [1.29, 1.82) is 0 Å². The highest BCUT2D eigenvalue weighted by molar-refractivity contribution is 5.77. The van der Waals surface area contributed by atoms with Crippen LogP contribution in [0, 0.1) is 0 Å². The summed E-state index contributed by atoms with van der Waals surface area (Å²) >= 11 is 0. The standard InChI is InChI=1S/C27H41NO8/c1-6-8-10-12-25(30)35-23-15-14-21(17-24(23)36-26(31)13-11-9-7-2)16-22(28)27(32)34-19(4)18(3)33-20(5)29/h14-15,17-19,22H,6-13,16,28H2,1-5H3/t18-,19-,22-/m0/s1. The minimum Gasteiger partial charge on any atom is -0.459 e. The van der Waals surface area contributed by atoms with Gasteiger partial charge in [0.05, 0.1) is 0 Å². The summed E-state index contributed by atoms with van der Waals surface area (Å²) in [6.45, 7) is 8.59. The molecule has 0 heterocycles. The van der Waals surface area contributed by atoms with Crippen LogP contribution in [-0.2, 0) is 35.1 Å². The van der Waals surface area contributed by atoms with Crippen LogP contribution < -0.4 is 15.2 Å². The molecule has 1 aromatic rings. The molecule has 0 fully saturated rings. The average molecular weight is 508 g/mol. The minimum atomic E-state index is -1.01. The van der Waals surface area contributed by atoms with Gasteiger partial charge >= 0.3 is 23.9 Å². The second-order valence-corrected chi connectivity index (χ2v) is 8.91. The van der Waals surface area contributed by atoms with Gasteiger partial charge in [-0.05, 0) is 50.8 Å². The van der Waals surface area contributed by atoms with Crippen molar-refractivity contribution < 1.29 is 38.1 Å². The van der Waals surface area contributed by atoms with E-state index in [0.717, 1.165) is 25.7 Å². The van der Waals surface area contributed by atoms with E-state index in [9.17, 15) is 19.2 Å². The molecule has 0 bridgehead atoms. The number of hydrogen-bond donors (Lipinski definition) is 1. The molecule has 3 atom stereocenters. The molecule has 2 N–H and O–H groups in total. The lowest BCUT2D eigenvalue weighted by molar-refractivity contribution is -0.164. The smallest absolute Gasteiger partial charge is 0.323 e. The van der Waals surface area contributed by atoms with Crippen LogP contribution in [0.25, 0.3) is 0 Å². The van der Waals surface area contributed by atoms with Crippen molar-refractivity contribution in [2.24, 2.45) is 5.73 Å². The monoisotopic (exact) mass is 507 g/mol. The summed E-state index contributed by atoms with van der Waals surface area (Å²) in [5, 5.41) is 0. The lowest BCUT2D eigenvalue weighted by Gasteiger charge is -2.22. The predicted octanol–water partition coefficient (Wildman–Crippen LogP) is 4.41. The Kier molecular flexibility index (Phi) is 14.4. The van der Waals surface area contributed by atoms with Crippen molar-refractivity contribution >= 4 is 23.9 Å². The molecule has 0 saturated heterocycles. The fraction of sp³-hybridized carbons (Fsp3) is 0.630. The molecule has 0 aromatic heterocycles. The molecule has 1 rings (SSSR count). The van der Waals surface area contributed by atoms with Crippen LogP contribution in [0.4, 0.5) is 0 Å². The second-order valence-electron chi connectivity index (χ2n) is 8.91. The van der Waals surface area contributed by atoms with Gasteiger partial charge in [0, 0.05) is 19.8 Å². The Hall–Kier alpha value is -2.94. The summed E-state index contributed by atoms with van der Waals surface area (Å²) in [7, 11) is 0. The molecule has 202 valence electrons. The fourth-order valence-corrected chi connectivity index (χ4v) is 3.29. The summed E-state index contributed by atoms with van der Waals surface area (Å²) in [5.41, 5.74) is 6.64. The van der Waals surface area contributed by atoms with Gasteiger partial charge in [0.2, 0.25) is 0 Å². The van der Waals surface area contributed by atoms with Crippen molar-refractivity contribution in [3.63, 3.8) is 0 Å². The molecule has 1 aromatic carbocycles. The van der Waals surface area contributed by atoms with E-state index in [-0.39, 0.29) is 30.8 Å². The van der Waals surface area contributed by atoms with Crippen LogP contribution in [0.3, 0.4) is 0 Å². The molecule has 36 heavy (non-hydrogen) atoms. The van der Waals surface area contributed by atoms with Gasteiger partial charge in [-0.1, -0.05) is 45.6 Å². The Morgan fingerprint density at radius 3 is 1.86 bits per heavy atom. The molecular formula is C27H41NO8. The van der Waals surface area contributed by atoms with Crippen LogP contribution in [0.1, 0.15) is 91.5 Å². The number of esters is 4. The number of nitrogens with two attached hydrogens (primary N) is 1. The molecule has 9 heteroatoms. The minimum absolute atomic E-state index is 0.0958. The van der Waals surface area contributed by atoms with Crippen molar-refractivity contribution in [2.75, 3.05) is 0 Å². The Bertz CT molecular complexity index is 869. The van der Waals surface area contributed by atoms with Gasteiger partial charge in [-0.15, -0.1) is 0 Å². The zero-order valence-corrected chi connectivity index (χ0v) is 22.2. The second kappa shape index (κ2) is 16.7. The number of ether oxygens (including phenoxy) is 4. The van der Waals surface area contributed by atoms with Crippen LogP contribution >= 0.6 is 0 Å². The van der Waals surface area contributed by atoms with Gasteiger partial charge in [-0.3, -0.25) is 19.2 Å². The van der Waals surface area contributed by atoms with E-state index in [1.165, 1.54) is 13.0 Å². The average Bonchev–Trinajstić information content (AvgIpc) is 2.80. The Morgan fingerprint density at radius 1 is 0.806 bits per heavy atom. The van der Waals surface area contributed by atoms with E-state index in [0.29, 0.717) is 18.4 Å². The van der Waals surface area contributed by atoms with Crippen molar-refractivity contribution in [2.45, 2.75) is 111 Å². The topological polar surface area (TPSA) is 131 Å². The SMILES string of the molecule is CCCCCC(=O)Oc1ccc(C[C@H](N)C(=O)O[C@@H](C)[C@H](C)OC(C)=O)cc1OC(=O)CCCCC. The lowest BCUT2D eigenvalue weighted by Crippen LogP contribution is -2.39. The number of carbonyl (C=O) groups excluding carboxylic acids is 4. The fourth-order valence-electron chi connectivity index (χ4n) is 3.29. The van der Waals surface area contributed by atoms with Crippen LogP contribution in [-0.4, -0.2) is 42.1 Å². The quantitative estimate of drug-likeness (QED) is 0.196. The van der Waals surface area contributed by atoms with Crippen LogP contribution in [0.5, 0.6) is 11.5 Å². The molecule has 0 saturated carbocycles. The van der Waals surface area contributed by atoms with Gasteiger partial charge in [0.1, 0.15) is 18.2 Å². The third-order valence-corrected chi connectivity index (χ3v) is 5.50. The highest BCUT2D eigenvalue weighted by Gasteiger charge is 2.24. The Balaban J connectivity index is 2.92. The maximum absolute atomic E-state index is 12.5. The molecule has 0 aliphatic carbocycles. The van der Waals surface area contributed by atoms with E-state index < -0.39 is 42.1 Å². The molecule has 0 radical (unpaired) electrons. The molecule has 0 amide bonds. The number of benzene rings is 1. The van der Waals surface area contributed by atoms with Gasteiger partial charge in [0.15, 0.2) is 11.5 Å². The number of hydrogen-bond acceptors (Lipinski definition) is 9. The van der Waals surface area contributed by atoms with Gasteiger partial charge in [0.25, 0.3) is 0 Å². The largest absolute Gasteiger partial charge is 0.459 e. The molecule has 9 nitrogen and oxygen atoms in total. The van der Waals surface area contributed by atoms with Crippen molar-refractivity contribution in [1.82, 2.24) is 0 Å². The molecule has 0 aliphatic heterocycles. The Morgan fingerprint density at radius 2 is 1.33 bits per heavy atom. The molecule has 0 aliphatic rings. The molecule has 0 unspecified atom stereocenters. The number of carbonyl (C=O) groups is 4. The molecule has 0 spiro atoms. The maximum atomic E-state index is 12.5. The van der Waals surface area contributed by atoms with Gasteiger partial charge < -0.3 is 24.7 Å². The van der Waals surface area contributed by atoms with Crippen molar-refractivity contribution in [3.8, 4) is 11.5 Å². The van der Waals surface area contributed by atoms with Crippen LogP contribution in [0.2, 0.25) is 0 Å². The first-order valence-corrected chi connectivity index (χ1v) is 12.7. The van der Waals surface area contributed by atoms with Crippen LogP contribution in [0.15, 0.2) is 18.2 Å². The highest BCUT2D eigenvalue weighted by Crippen LogP contribution is 2.30. The molecular weight excluding hydrogens is 466 g/mol. The first-order chi connectivity index (χ1) is 17.1. The van der Waals surface area contributed by atoms with E-state index in [1.807, 2.05) is 13.8 Å². The van der Waals surface area contributed by atoms with E-state index in [1.54, 1.807) is 26.0 Å². The summed E-state index contributed by atoms with van der Waals surface area (Å²) in [6.07, 6.45) is 4.48. The first-order valence-electron chi connectivity index (χ1n) is 12.7. The zero-order chi connectivity index (χ0) is 27.1. The van der Waals surface area contributed by atoms with Gasteiger partial charge in [-0.2, -0.15) is 0 Å². The zero-order valence-electron chi connectivity index (χ0n) is 22.2. The van der Waals surface area contributed by atoms with E-state index >= 15 is 0 Å². The summed E-state index contributed by atoms with van der Waals surface area (Å²) < 4.78 is 21.3. The third-order valence-electron chi connectivity index (χ3n) is 5.50. The predicted molar refractivity (Wildman–Crippen MR) is 134 cm³/mol. The Labute approximate surface area is 214 Å². The lowest BCUT2D eigenvalue weighted by atomic mass is 10.1. The normalized spacial score (nSPS) is 13.3. The summed E-state index contributed by atoms with van der Waals surface area (Å²) in [5.74, 6) is -1.72. The third kappa shape index (κ3) is 12.2. The maximum Gasteiger partial charge on any atom is 0.323 e. The van der Waals surface area contributed by atoms with Crippen molar-refractivity contribution in [3.05, 3.63) is 23.8 Å². The first kappa shape index (κ1) is 31.1. The highest BCUT2D eigenvalue weighted by atomic mass is 16.6.